The van der Waals surface area contributed by atoms with Crippen molar-refractivity contribution in [2.75, 3.05) is 5.75 Å². The first-order valence-electron chi connectivity index (χ1n) is 9.61. The van der Waals surface area contributed by atoms with Gasteiger partial charge in [-0.3, -0.25) is 9.36 Å². The molecule has 0 amide bonds. The largest absolute Gasteiger partial charge is 0.360 e. The molecule has 0 atom stereocenters. The average molecular weight is 401 g/mol. The van der Waals surface area contributed by atoms with Crippen LogP contribution in [0.25, 0.3) is 5.82 Å². The van der Waals surface area contributed by atoms with Crippen LogP contribution < -0.4 is 0 Å². The molecule has 1 fully saturated rings. The Morgan fingerprint density at radius 3 is 2.71 bits per heavy atom. The fourth-order valence-corrected chi connectivity index (χ4v) is 4.73. The SMILES string of the molecule is Cc1cc(-n2c(C)cc(C(=O)CSc3nnnn3C3CCCCC3)c2C)no1. The molecule has 4 rings (SSSR count). The van der Waals surface area contributed by atoms with Gasteiger partial charge in [0.1, 0.15) is 5.76 Å². The Kier molecular flexibility index (Phi) is 5.34. The van der Waals surface area contributed by atoms with E-state index in [2.05, 4.69) is 20.7 Å². The maximum atomic E-state index is 12.9. The molecule has 0 N–H and O–H groups in total. The quantitative estimate of drug-likeness (QED) is 0.458. The Morgan fingerprint density at radius 2 is 2.00 bits per heavy atom. The number of nitrogens with zero attached hydrogens (tertiary/aromatic N) is 6. The molecule has 3 heterocycles. The molecule has 9 heteroatoms. The molecular formula is C19H24N6O2S. The minimum atomic E-state index is 0.0581. The zero-order chi connectivity index (χ0) is 19.7. The monoisotopic (exact) mass is 400 g/mol. The third-order valence-electron chi connectivity index (χ3n) is 5.29. The Bertz CT molecular complexity index is 983. The van der Waals surface area contributed by atoms with Crippen molar-refractivity contribution in [2.24, 2.45) is 0 Å². The second kappa shape index (κ2) is 7.90. The third-order valence-corrected chi connectivity index (χ3v) is 6.23. The van der Waals surface area contributed by atoms with Crippen molar-refractivity contribution in [3.8, 4) is 5.82 Å². The molecule has 0 radical (unpaired) electrons. The maximum Gasteiger partial charge on any atom is 0.210 e. The number of carbonyl (C=O) groups is 1. The predicted molar refractivity (Wildman–Crippen MR) is 105 cm³/mol. The normalized spacial score (nSPS) is 15.2. The van der Waals surface area contributed by atoms with Crippen LogP contribution in [0.2, 0.25) is 0 Å². The molecule has 28 heavy (non-hydrogen) atoms. The van der Waals surface area contributed by atoms with E-state index in [1.165, 1.54) is 31.0 Å². The summed E-state index contributed by atoms with van der Waals surface area (Å²) in [5.74, 6) is 1.79. The highest BCUT2D eigenvalue weighted by atomic mass is 32.2. The lowest BCUT2D eigenvalue weighted by Gasteiger charge is -2.21. The minimum Gasteiger partial charge on any atom is -0.360 e. The van der Waals surface area contributed by atoms with Crippen LogP contribution in [0.15, 0.2) is 21.8 Å². The number of carbonyl (C=O) groups excluding carboxylic acids is 1. The Labute approximate surface area is 167 Å². The van der Waals surface area contributed by atoms with Crippen molar-refractivity contribution in [3.05, 3.63) is 34.8 Å². The molecule has 0 aliphatic heterocycles. The number of hydrogen-bond acceptors (Lipinski definition) is 7. The first-order valence-corrected chi connectivity index (χ1v) is 10.6. The van der Waals surface area contributed by atoms with E-state index in [9.17, 15) is 4.79 Å². The van der Waals surface area contributed by atoms with Crippen molar-refractivity contribution < 1.29 is 9.32 Å². The predicted octanol–water partition coefficient (Wildman–Crippen LogP) is 3.86. The number of Topliss-reactive ketones (excluding diaryl/α,β-unsaturated/α-hetero) is 1. The molecular weight excluding hydrogens is 376 g/mol. The molecule has 0 aromatic carbocycles. The molecule has 0 unspecified atom stereocenters. The fraction of sp³-hybridized carbons (Fsp3) is 0.526. The van der Waals surface area contributed by atoms with Gasteiger partial charge in [-0.15, -0.1) is 5.10 Å². The van der Waals surface area contributed by atoms with E-state index in [1.807, 2.05) is 42.2 Å². The van der Waals surface area contributed by atoms with Crippen LogP contribution in [0.4, 0.5) is 0 Å². The number of rotatable bonds is 6. The average Bonchev–Trinajstić information content (AvgIpc) is 3.40. The van der Waals surface area contributed by atoms with Gasteiger partial charge in [-0.05, 0) is 50.1 Å². The lowest BCUT2D eigenvalue weighted by atomic mass is 9.96. The molecule has 1 saturated carbocycles. The van der Waals surface area contributed by atoms with E-state index in [0.717, 1.165) is 35.1 Å². The standard InChI is InChI=1S/C19H24N6O2S/c1-12-9-16(14(3)24(12)18-10-13(2)27-21-18)17(26)11-28-19-20-22-23-25(19)15-7-5-4-6-8-15/h9-10,15H,4-8,11H2,1-3H3. The number of thioether (sulfide) groups is 1. The van der Waals surface area contributed by atoms with Crippen LogP contribution in [0.1, 0.15) is 65.7 Å². The van der Waals surface area contributed by atoms with Crippen LogP contribution in [0.3, 0.4) is 0 Å². The minimum absolute atomic E-state index is 0.0581. The van der Waals surface area contributed by atoms with Crippen molar-refractivity contribution in [1.82, 2.24) is 29.9 Å². The Balaban J connectivity index is 1.49. The van der Waals surface area contributed by atoms with Crippen LogP contribution in [0, 0.1) is 20.8 Å². The molecule has 3 aromatic rings. The molecule has 0 saturated heterocycles. The van der Waals surface area contributed by atoms with Gasteiger partial charge in [0.2, 0.25) is 5.16 Å². The molecule has 1 aliphatic rings. The van der Waals surface area contributed by atoms with E-state index in [-0.39, 0.29) is 5.78 Å². The van der Waals surface area contributed by atoms with Gasteiger partial charge in [-0.2, -0.15) is 0 Å². The van der Waals surface area contributed by atoms with Crippen molar-refractivity contribution in [3.63, 3.8) is 0 Å². The van der Waals surface area contributed by atoms with Gasteiger partial charge in [0.05, 0.1) is 11.8 Å². The van der Waals surface area contributed by atoms with Crippen LogP contribution in [0.5, 0.6) is 0 Å². The molecule has 1 aliphatic carbocycles. The number of ketones is 1. The van der Waals surface area contributed by atoms with E-state index in [0.29, 0.717) is 23.2 Å². The van der Waals surface area contributed by atoms with Gasteiger partial charge in [0.15, 0.2) is 11.6 Å². The molecule has 0 spiro atoms. The van der Waals surface area contributed by atoms with Crippen LogP contribution in [-0.2, 0) is 0 Å². The summed E-state index contributed by atoms with van der Waals surface area (Å²) >= 11 is 1.41. The van der Waals surface area contributed by atoms with E-state index in [4.69, 9.17) is 4.52 Å². The number of hydrogen-bond donors (Lipinski definition) is 0. The number of aromatic nitrogens is 6. The molecule has 8 nitrogen and oxygen atoms in total. The fourth-order valence-electron chi connectivity index (χ4n) is 3.90. The Morgan fingerprint density at radius 1 is 1.21 bits per heavy atom. The van der Waals surface area contributed by atoms with Crippen LogP contribution >= 0.6 is 11.8 Å². The van der Waals surface area contributed by atoms with Gasteiger partial charge in [-0.25, -0.2) is 4.68 Å². The first kappa shape index (κ1) is 18.9. The maximum absolute atomic E-state index is 12.9. The zero-order valence-electron chi connectivity index (χ0n) is 16.4. The van der Waals surface area contributed by atoms with Crippen molar-refractivity contribution >= 4 is 17.5 Å². The lowest BCUT2D eigenvalue weighted by Crippen LogP contribution is -2.16. The summed E-state index contributed by atoms with van der Waals surface area (Å²) in [6, 6.07) is 4.12. The smallest absolute Gasteiger partial charge is 0.210 e. The second-order valence-corrected chi connectivity index (χ2v) is 8.27. The highest BCUT2D eigenvalue weighted by Crippen LogP contribution is 2.30. The lowest BCUT2D eigenvalue weighted by molar-refractivity contribution is 0.102. The van der Waals surface area contributed by atoms with Crippen LogP contribution in [-0.4, -0.2) is 41.5 Å². The van der Waals surface area contributed by atoms with Gasteiger partial charge in [-0.1, -0.05) is 36.2 Å². The van der Waals surface area contributed by atoms with E-state index in [1.54, 1.807) is 0 Å². The summed E-state index contributed by atoms with van der Waals surface area (Å²) in [6.07, 6.45) is 5.90. The van der Waals surface area contributed by atoms with Gasteiger partial charge in [0.25, 0.3) is 0 Å². The van der Waals surface area contributed by atoms with Crippen molar-refractivity contribution in [1.29, 1.82) is 0 Å². The second-order valence-electron chi connectivity index (χ2n) is 7.33. The van der Waals surface area contributed by atoms with Gasteiger partial charge in [0, 0.05) is 23.0 Å². The topological polar surface area (TPSA) is 91.6 Å². The van der Waals surface area contributed by atoms with Gasteiger partial charge >= 0.3 is 0 Å². The number of tetrazole rings is 1. The molecule has 3 aromatic heterocycles. The molecule has 148 valence electrons. The summed E-state index contributed by atoms with van der Waals surface area (Å²) in [4.78, 5) is 12.9. The summed E-state index contributed by atoms with van der Waals surface area (Å²) in [5.41, 5.74) is 2.51. The van der Waals surface area contributed by atoms with E-state index < -0.39 is 0 Å². The van der Waals surface area contributed by atoms with Gasteiger partial charge < -0.3 is 4.52 Å². The summed E-state index contributed by atoms with van der Waals surface area (Å²) in [7, 11) is 0. The molecule has 0 bridgehead atoms. The van der Waals surface area contributed by atoms with E-state index >= 15 is 0 Å². The zero-order valence-corrected chi connectivity index (χ0v) is 17.2. The summed E-state index contributed by atoms with van der Waals surface area (Å²) in [6.45, 7) is 5.75. The summed E-state index contributed by atoms with van der Waals surface area (Å²) < 4.78 is 9.03. The number of aryl methyl sites for hydroxylation is 2. The highest BCUT2D eigenvalue weighted by Gasteiger charge is 2.22. The Hall–Kier alpha value is -2.42. The summed E-state index contributed by atoms with van der Waals surface area (Å²) in [5, 5.41) is 16.9. The van der Waals surface area contributed by atoms with Crippen molar-refractivity contribution in [2.45, 2.75) is 64.1 Å². The first-order chi connectivity index (χ1) is 13.5. The highest BCUT2D eigenvalue weighted by molar-refractivity contribution is 7.99. The third kappa shape index (κ3) is 3.63.